The van der Waals surface area contributed by atoms with Gasteiger partial charge in [-0.25, -0.2) is 0 Å². The van der Waals surface area contributed by atoms with Crippen LogP contribution >= 0.6 is 0 Å². The summed E-state index contributed by atoms with van der Waals surface area (Å²) in [5, 5.41) is 2.23. The van der Waals surface area contributed by atoms with Gasteiger partial charge >= 0.3 is 12.4 Å². The van der Waals surface area contributed by atoms with Crippen LogP contribution in [0, 0.1) is 0 Å². The molecule has 0 fully saturated rings. The number of alkyl halides is 6. The molecule has 4 nitrogen and oxygen atoms in total. The first-order chi connectivity index (χ1) is 11.0. The van der Waals surface area contributed by atoms with Crippen LogP contribution in [-0.2, 0) is 26.6 Å². The Bertz CT molecular complexity index is 621. The summed E-state index contributed by atoms with van der Waals surface area (Å²) < 4.78 is 86.8. The first-order valence-corrected chi connectivity index (χ1v) is 6.54. The molecule has 1 N–H and O–H groups in total. The van der Waals surface area contributed by atoms with Crippen molar-refractivity contribution in [1.82, 2.24) is 5.32 Å². The second-order valence-electron chi connectivity index (χ2n) is 4.90. The van der Waals surface area contributed by atoms with E-state index in [1.54, 1.807) is 0 Å². The third-order valence-electron chi connectivity index (χ3n) is 3.12. The van der Waals surface area contributed by atoms with Gasteiger partial charge in [0.1, 0.15) is 6.26 Å². The van der Waals surface area contributed by atoms with Crippen LogP contribution in [0.2, 0.25) is 0 Å². The summed E-state index contributed by atoms with van der Waals surface area (Å²) >= 11 is 0. The van der Waals surface area contributed by atoms with Gasteiger partial charge in [0.25, 0.3) is 12.2 Å². The molecule has 0 spiro atoms. The van der Waals surface area contributed by atoms with E-state index in [9.17, 15) is 31.1 Å². The van der Waals surface area contributed by atoms with E-state index < -0.39 is 41.8 Å². The summed E-state index contributed by atoms with van der Waals surface area (Å²) in [6.07, 6.45) is -10.4. The molecule has 1 heterocycles. The molecule has 0 bridgehead atoms. The van der Waals surface area contributed by atoms with Crippen LogP contribution in [0.3, 0.4) is 0 Å². The summed E-state index contributed by atoms with van der Waals surface area (Å²) in [5.41, 5.74) is -3.31. The fourth-order valence-corrected chi connectivity index (χ4v) is 1.93. The average molecular weight is 355 g/mol. The minimum absolute atomic E-state index is 0.0166. The van der Waals surface area contributed by atoms with Crippen molar-refractivity contribution in [2.75, 3.05) is 0 Å². The van der Waals surface area contributed by atoms with E-state index >= 15 is 0 Å². The van der Waals surface area contributed by atoms with E-state index in [1.165, 1.54) is 13.1 Å². The SMILES string of the molecule is CC(OC1OC=CNC1=O)c1cc(C(F)(F)F)cc(C(F)(F)F)c1. The number of hydrogen-bond acceptors (Lipinski definition) is 3. The molecule has 2 atom stereocenters. The van der Waals surface area contributed by atoms with Gasteiger partial charge in [0.05, 0.1) is 17.2 Å². The van der Waals surface area contributed by atoms with Crippen molar-refractivity contribution >= 4 is 5.91 Å². The van der Waals surface area contributed by atoms with Crippen molar-refractivity contribution in [3.8, 4) is 0 Å². The zero-order valence-corrected chi connectivity index (χ0v) is 12.0. The van der Waals surface area contributed by atoms with Gasteiger partial charge in [-0.15, -0.1) is 0 Å². The molecular weight excluding hydrogens is 344 g/mol. The number of carbonyl (C=O) groups excluding carboxylic acids is 1. The molecule has 2 unspecified atom stereocenters. The number of halogens is 6. The Kier molecular flexibility index (Phi) is 4.79. The minimum atomic E-state index is -4.96. The normalized spacial score (nSPS) is 19.6. The number of nitrogens with one attached hydrogen (secondary N) is 1. The molecule has 0 radical (unpaired) electrons. The molecular formula is C14H11F6NO3. The van der Waals surface area contributed by atoms with Gasteiger partial charge in [0.2, 0.25) is 0 Å². The summed E-state index contributed by atoms with van der Waals surface area (Å²) in [6, 6.07) is 1.09. The monoisotopic (exact) mass is 355 g/mol. The van der Waals surface area contributed by atoms with Crippen molar-refractivity contribution in [1.29, 1.82) is 0 Å². The molecule has 1 aromatic carbocycles. The van der Waals surface area contributed by atoms with Gasteiger partial charge < -0.3 is 14.8 Å². The lowest BCUT2D eigenvalue weighted by Gasteiger charge is -2.24. The van der Waals surface area contributed by atoms with Crippen molar-refractivity contribution in [3.63, 3.8) is 0 Å². The van der Waals surface area contributed by atoms with Gasteiger partial charge in [-0.3, -0.25) is 4.79 Å². The molecule has 0 saturated heterocycles. The lowest BCUT2D eigenvalue weighted by molar-refractivity contribution is -0.173. The summed E-state index contributed by atoms with van der Waals surface area (Å²) in [6.45, 7) is 1.21. The molecule has 24 heavy (non-hydrogen) atoms. The van der Waals surface area contributed by atoms with E-state index in [2.05, 4.69) is 5.32 Å². The fourth-order valence-electron chi connectivity index (χ4n) is 1.93. The van der Waals surface area contributed by atoms with E-state index in [1.807, 2.05) is 0 Å². The topological polar surface area (TPSA) is 47.6 Å². The highest BCUT2D eigenvalue weighted by atomic mass is 19.4. The predicted molar refractivity (Wildman–Crippen MR) is 68.1 cm³/mol. The quantitative estimate of drug-likeness (QED) is 0.841. The Labute approximate surface area is 132 Å². The number of benzene rings is 1. The van der Waals surface area contributed by atoms with Gasteiger partial charge in [-0.2, -0.15) is 26.3 Å². The Morgan fingerprint density at radius 2 is 1.62 bits per heavy atom. The first-order valence-electron chi connectivity index (χ1n) is 6.54. The molecule has 2 rings (SSSR count). The maximum atomic E-state index is 12.8. The maximum Gasteiger partial charge on any atom is 0.416 e. The smallest absolute Gasteiger partial charge is 0.416 e. The lowest BCUT2D eigenvalue weighted by Crippen LogP contribution is -2.38. The number of hydrogen-bond donors (Lipinski definition) is 1. The van der Waals surface area contributed by atoms with Crippen molar-refractivity contribution in [2.45, 2.75) is 31.7 Å². The van der Waals surface area contributed by atoms with Crippen LogP contribution in [0.15, 0.2) is 30.7 Å². The highest BCUT2D eigenvalue weighted by molar-refractivity contribution is 5.81. The van der Waals surface area contributed by atoms with Crippen LogP contribution in [0.5, 0.6) is 0 Å². The van der Waals surface area contributed by atoms with Crippen LogP contribution in [0.1, 0.15) is 29.7 Å². The van der Waals surface area contributed by atoms with Crippen LogP contribution in [0.25, 0.3) is 0 Å². The molecule has 0 aliphatic carbocycles. The zero-order valence-electron chi connectivity index (χ0n) is 12.0. The first kappa shape index (κ1) is 18.1. The van der Waals surface area contributed by atoms with Crippen molar-refractivity contribution < 1.29 is 40.6 Å². The maximum absolute atomic E-state index is 12.8. The van der Waals surface area contributed by atoms with E-state index in [0.29, 0.717) is 12.1 Å². The van der Waals surface area contributed by atoms with Gasteiger partial charge in [0, 0.05) is 6.20 Å². The van der Waals surface area contributed by atoms with Crippen LogP contribution < -0.4 is 5.32 Å². The predicted octanol–water partition coefficient (Wildman–Crippen LogP) is 3.75. The number of ether oxygens (including phenoxy) is 2. The Morgan fingerprint density at radius 1 is 1.08 bits per heavy atom. The molecule has 10 heteroatoms. The molecule has 0 aromatic heterocycles. The second kappa shape index (κ2) is 6.34. The Balaban J connectivity index is 2.34. The van der Waals surface area contributed by atoms with Gasteiger partial charge in [-0.05, 0) is 30.7 Å². The molecule has 0 saturated carbocycles. The largest absolute Gasteiger partial charge is 0.461 e. The summed E-state index contributed by atoms with van der Waals surface area (Å²) in [4.78, 5) is 11.4. The van der Waals surface area contributed by atoms with Crippen molar-refractivity contribution in [3.05, 3.63) is 47.4 Å². The fraction of sp³-hybridized carbons (Fsp3) is 0.357. The third kappa shape index (κ3) is 4.19. The third-order valence-corrected chi connectivity index (χ3v) is 3.12. The number of rotatable bonds is 3. The summed E-state index contributed by atoms with van der Waals surface area (Å²) in [5.74, 6) is -0.729. The lowest BCUT2D eigenvalue weighted by atomic mass is 10.0. The Morgan fingerprint density at radius 3 is 2.08 bits per heavy atom. The molecule has 1 aromatic rings. The summed E-state index contributed by atoms with van der Waals surface area (Å²) in [7, 11) is 0. The van der Waals surface area contributed by atoms with Gasteiger partial charge in [-0.1, -0.05) is 0 Å². The van der Waals surface area contributed by atoms with Gasteiger partial charge in [0.15, 0.2) is 0 Å². The van der Waals surface area contributed by atoms with Crippen molar-refractivity contribution in [2.24, 2.45) is 0 Å². The molecule has 132 valence electrons. The highest BCUT2D eigenvalue weighted by Crippen LogP contribution is 2.38. The number of carbonyl (C=O) groups is 1. The van der Waals surface area contributed by atoms with Crippen LogP contribution in [-0.4, -0.2) is 12.2 Å². The van der Waals surface area contributed by atoms with Crippen LogP contribution in [0.4, 0.5) is 26.3 Å². The molecule has 1 aliphatic heterocycles. The standard InChI is InChI=1S/C14H11F6NO3/c1-7(24-12-11(22)21-2-3-23-12)8-4-9(13(15,16)17)6-10(5-8)14(18,19)20/h2-7,12H,1H3,(H,21,22). The highest BCUT2D eigenvalue weighted by Gasteiger charge is 2.37. The molecule has 1 amide bonds. The second-order valence-corrected chi connectivity index (χ2v) is 4.90. The van der Waals surface area contributed by atoms with E-state index in [4.69, 9.17) is 9.47 Å². The van der Waals surface area contributed by atoms with E-state index in [0.717, 1.165) is 6.26 Å². The Hall–Kier alpha value is -2.23. The minimum Gasteiger partial charge on any atom is -0.461 e. The molecule has 1 aliphatic rings. The van der Waals surface area contributed by atoms with E-state index in [-0.39, 0.29) is 11.6 Å². The average Bonchev–Trinajstić information content (AvgIpc) is 2.47. The number of amides is 1. The zero-order chi connectivity index (χ0) is 18.1.